The minimum Gasteiger partial charge on any atom is -0.861 e. The van der Waals surface area contributed by atoms with Crippen LogP contribution in [0.2, 0.25) is 0 Å². The van der Waals surface area contributed by atoms with Gasteiger partial charge in [-0.25, -0.2) is 0 Å². The van der Waals surface area contributed by atoms with Crippen LogP contribution in [0.3, 0.4) is 0 Å². The van der Waals surface area contributed by atoms with Crippen molar-refractivity contribution < 1.29 is 26.7 Å². The van der Waals surface area contributed by atoms with Crippen molar-refractivity contribution in [3.8, 4) is 0 Å². The predicted molar refractivity (Wildman–Crippen MR) is 62.9 cm³/mol. The molecule has 4 aliphatic carbocycles. The Kier molecular flexibility index (Phi) is 3.08. The van der Waals surface area contributed by atoms with Gasteiger partial charge >= 0.3 is 15.5 Å². The molecule has 0 atom stereocenters. The summed E-state index contributed by atoms with van der Waals surface area (Å²) in [6.45, 7) is 0. The molecule has 8 heteroatoms. The summed E-state index contributed by atoms with van der Waals surface area (Å²) in [5.41, 5.74) is -5.49. The fourth-order valence-electron chi connectivity index (χ4n) is 4.56. The van der Waals surface area contributed by atoms with E-state index in [2.05, 4.69) is 4.40 Å². The Morgan fingerprint density at radius 1 is 1.00 bits per heavy atom. The van der Waals surface area contributed by atoms with Crippen LogP contribution in [-0.2, 0) is 10.0 Å². The van der Waals surface area contributed by atoms with Gasteiger partial charge in [-0.15, -0.1) is 0 Å². The average molecular weight is 310 g/mol. The predicted octanol–water partition coefficient (Wildman–Crippen LogP) is 1.67. The van der Waals surface area contributed by atoms with Crippen molar-refractivity contribution in [2.24, 2.45) is 34.0 Å². The maximum atomic E-state index is 12.3. The van der Waals surface area contributed by atoms with Gasteiger partial charge in [-0.3, -0.25) is 0 Å². The Morgan fingerprint density at radius 3 is 1.85 bits per heavy atom. The van der Waals surface area contributed by atoms with Crippen molar-refractivity contribution in [2.45, 2.75) is 37.6 Å². The third-order valence-electron chi connectivity index (χ3n) is 5.01. The Labute approximate surface area is 115 Å². The molecule has 0 aromatic heterocycles. The van der Waals surface area contributed by atoms with E-state index in [-0.39, 0.29) is 11.8 Å². The van der Waals surface area contributed by atoms with E-state index in [1.54, 1.807) is 0 Å². The van der Waals surface area contributed by atoms with E-state index in [0.29, 0.717) is 11.8 Å². The third kappa shape index (κ3) is 2.21. The first kappa shape index (κ1) is 14.2. The maximum absolute atomic E-state index is 12.3. The molecule has 4 aliphatic rings. The fourth-order valence-corrected chi connectivity index (χ4v) is 5.02. The molecule has 0 amide bonds. The van der Waals surface area contributed by atoms with Crippen LogP contribution in [0.4, 0.5) is 13.2 Å². The lowest BCUT2D eigenvalue weighted by molar-refractivity contribution is -0.233. The van der Waals surface area contributed by atoms with Crippen LogP contribution in [0.5, 0.6) is 0 Å². The van der Waals surface area contributed by atoms with Crippen LogP contribution < -0.4 is 5.11 Å². The second-order valence-electron chi connectivity index (χ2n) is 6.31. The minimum atomic E-state index is -5.70. The van der Waals surface area contributed by atoms with Crippen LogP contribution in [0.15, 0.2) is 4.40 Å². The molecule has 4 rings (SSSR count). The number of nitrogens with zero attached hydrogens (tertiary/aromatic N) is 1. The van der Waals surface area contributed by atoms with E-state index in [0.717, 1.165) is 32.1 Å². The Hall–Kier alpha value is -0.790. The van der Waals surface area contributed by atoms with Crippen molar-refractivity contribution in [2.75, 3.05) is 0 Å². The third-order valence-corrected chi connectivity index (χ3v) is 6.02. The molecule has 114 valence electrons. The Balaban J connectivity index is 1.86. The second-order valence-corrected chi connectivity index (χ2v) is 7.90. The second kappa shape index (κ2) is 4.35. The first-order chi connectivity index (χ1) is 9.17. The zero-order valence-corrected chi connectivity index (χ0v) is 11.5. The quantitative estimate of drug-likeness (QED) is 0.575. The summed E-state index contributed by atoms with van der Waals surface area (Å²) in [4.78, 5) is 0. The zero-order valence-electron chi connectivity index (χ0n) is 10.6. The number of sulfonamides is 1. The topological polar surface area (TPSA) is 69.6 Å². The largest absolute Gasteiger partial charge is 0.861 e. The number of hydrogen-bond donors (Lipinski definition) is 0. The van der Waals surface area contributed by atoms with Crippen molar-refractivity contribution in [3.05, 3.63) is 0 Å². The molecule has 0 spiro atoms. The monoisotopic (exact) mass is 310 g/mol. The molecule has 4 bridgehead atoms. The SMILES string of the molecule is O=S(=O)(/N=C(\[O-])C1C2CC3CC(C2)CC1C3)C(F)(F)F. The zero-order chi connectivity index (χ0) is 14.7. The standard InChI is InChI=1S/C12H16F3NO3S/c13-12(14,15)20(18,19)16-11(17)10-8-2-6-1-7(4-8)5-9(10)3-6/h6-10H,1-5H2,(H,16,17)/p-1. The molecular weight excluding hydrogens is 295 g/mol. The number of hydrogen-bond acceptors (Lipinski definition) is 3. The molecule has 0 unspecified atom stereocenters. The summed E-state index contributed by atoms with van der Waals surface area (Å²) < 4.78 is 61.4. The Morgan fingerprint density at radius 2 is 1.45 bits per heavy atom. The van der Waals surface area contributed by atoms with E-state index in [1.165, 1.54) is 0 Å². The number of alkyl halides is 3. The lowest BCUT2D eigenvalue weighted by Gasteiger charge is -2.55. The molecule has 0 aromatic rings. The van der Waals surface area contributed by atoms with Crippen molar-refractivity contribution in [3.63, 3.8) is 0 Å². The molecule has 0 heterocycles. The molecule has 20 heavy (non-hydrogen) atoms. The molecule has 4 fully saturated rings. The van der Waals surface area contributed by atoms with E-state index in [1.807, 2.05) is 0 Å². The van der Waals surface area contributed by atoms with Crippen LogP contribution in [0.1, 0.15) is 32.1 Å². The molecule has 0 radical (unpaired) electrons. The Bertz CT molecular complexity index is 513. The molecule has 0 saturated heterocycles. The first-order valence-electron chi connectivity index (χ1n) is 6.75. The lowest BCUT2D eigenvalue weighted by Crippen LogP contribution is -2.51. The van der Waals surface area contributed by atoms with Crippen molar-refractivity contribution >= 4 is 15.9 Å². The van der Waals surface area contributed by atoms with E-state index < -0.39 is 27.3 Å². The maximum Gasteiger partial charge on any atom is 0.518 e. The van der Waals surface area contributed by atoms with Gasteiger partial charge in [-0.2, -0.15) is 26.0 Å². The molecule has 0 aromatic carbocycles. The van der Waals surface area contributed by atoms with E-state index in [9.17, 15) is 26.7 Å². The van der Waals surface area contributed by atoms with Gasteiger partial charge in [0.1, 0.15) is 0 Å². The van der Waals surface area contributed by atoms with Crippen LogP contribution in [0.25, 0.3) is 0 Å². The highest BCUT2D eigenvalue weighted by molar-refractivity contribution is 7.91. The molecule has 0 N–H and O–H groups in total. The van der Waals surface area contributed by atoms with Gasteiger partial charge in [0.25, 0.3) is 0 Å². The molecular formula is C12H15F3NO3S-. The minimum absolute atomic E-state index is 0.0194. The van der Waals surface area contributed by atoms with Crippen LogP contribution >= 0.6 is 0 Å². The summed E-state index contributed by atoms with van der Waals surface area (Å²) in [6.07, 6.45) is 4.44. The summed E-state index contributed by atoms with van der Waals surface area (Å²) in [5.74, 6) is -0.561. The van der Waals surface area contributed by atoms with Gasteiger partial charge in [-0.05, 0) is 67.6 Å². The molecule has 4 saturated carbocycles. The van der Waals surface area contributed by atoms with Gasteiger partial charge in [0, 0.05) is 0 Å². The molecule has 4 nitrogen and oxygen atoms in total. The lowest BCUT2D eigenvalue weighted by atomic mass is 9.52. The smallest absolute Gasteiger partial charge is 0.518 e. The number of halogens is 3. The summed E-state index contributed by atoms with van der Waals surface area (Å²) in [7, 11) is -5.70. The van der Waals surface area contributed by atoms with Gasteiger partial charge in [0.15, 0.2) is 0 Å². The van der Waals surface area contributed by atoms with Gasteiger partial charge < -0.3 is 5.11 Å². The first-order valence-corrected chi connectivity index (χ1v) is 8.19. The highest BCUT2D eigenvalue weighted by atomic mass is 32.2. The summed E-state index contributed by atoms with van der Waals surface area (Å²) in [6, 6.07) is 0. The van der Waals surface area contributed by atoms with Crippen molar-refractivity contribution in [1.29, 1.82) is 0 Å². The average Bonchev–Trinajstić information content (AvgIpc) is 2.24. The summed E-state index contributed by atoms with van der Waals surface area (Å²) >= 11 is 0. The van der Waals surface area contributed by atoms with Gasteiger partial charge in [0.2, 0.25) is 0 Å². The highest BCUT2D eigenvalue weighted by Gasteiger charge is 2.50. The van der Waals surface area contributed by atoms with Crippen LogP contribution in [0, 0.1) is 29.6 Å². The van der Waals surface area contributed by atoms with Gasteiger partial charge in [0.05, 0.1) is 0 Å². The summed E-state index contributed by atoms with van der Waals surface area (Å²) in [5, 5.41) is 11.9. The van der Waals surface area contributed by atoms with Crippen LogP contribution in [-0.4, -0.2) is 19.8 Å². The van der Waals surface area contributed by atoms with E-state index in [4.69, 9.17) is 0 Å². The van der Waals surface area contributed by atoms with Crippen molar-refractivity contribution in [1.82, 2.24) is 0 Å². The fraction of sp³-hybridized carbons (Fsp3) is 0.917. The molecule has 0 aliphatic heterocycles. The number of rotatable bonds is 2. The van der Waals surface area contributed by atoms with Gasteiger partial charge in [-0.1, -0.05) is 0 Å². The normalized spacial score (nSPS) is 41.1. The van der Waals surface area contributed by atoms with E-state index >= 15 is 0 Å². The highest BCUT2D eigenvalue weighted by Crippen LogP contribution is 2.56.